The van der Waals surface area contributed by atoms with Gasteiger partial charge in [0.1, 0.15) is 16.4 Å². The van der Waals surface area contributed by atoms with Crippen molar-refractivity contribution in [2.45, 2.75) is 31.6 Å². The van der Waals surface area contributed by atoms with Gasteiger partial charge in [-0.2, -0.15) is 8.42 Å². The Morgan fingerprint density at radius 2 is 1.92 bits per heavy atom. The summed E-state index contributed by atoms with van der Waals surface area (Å²) in [6, 6.07) is 9.73. The van der Waals surface area contributed by atoms with Gasteiger partial charge < -0.3 is 14.2 Å². The van der Waals surface area contributed by atoms with Crippen molar-refractivity contribution < 1.29 is 22.1 Å². The molecule has 3 rings (SSSR count). The van der Waals surface area contributed by atoms with Gasteiger partial charge in [-0.25, -0.2) is 0 Å². The summed E-state index contributed by atoms with van der Waals surface area (Å²) in [7, 11) is -4.04. The molecule has 0 saturated heterocycles. The van der Waals surface area contributed by atoms with Gasteiger partial charge in [-0.15, -0.1) is 0 Å². The Kier molecular flexibility index (Phi) is 4.43. The fraction of sp³-hybridized carbons (Fsp3) is 0.278. The fourth-order valence-electron chi connectivity index (χ4n) is 2.57. The number of nitrogens with one attached hydrogen (secondary N) is 1. The SMILES string of the molecule is Cc1ccc(C(C)C)c(OS(=O)(=O)c2ccc3c(c2)NC(=O)CO3)c1. The van der Waals surface area contributed by atoms with Gasteiger partial charge in [0, 0.05) is 0 Å². The molecule has 2 aromatic carbocycles. The Bertz CT molecular complexity index is 934. The second-order valence-corrected chi connectivity index (χ2v) is 7.77. The van der Waals surface area contributed by atoms with Gasteiger partial charge in [-0.05, 0) is 48.2 Å². The molecule has 6 nitrogen and oxygen atoms in total. The minimum absolute atomic E-state index is 0.0479. The molecule has 1 aliphatic rings. The standard InChI is InChI=1S/C18H19NO5S/c1-11(2)14-6-4-12(3)8-17(14)24-25(21,22)13-5-7-16-15(9-13)19-18(20)10-23-16/h4-9,11H,10H2,1-3H3,(H,19,20). The number of carbonyl (C=O) groups is 1. The van der Waals surface area contributed by atoms with Crippen molar-refractivity contribution in [1.29, 1.82) is 0 Å². The van der Waals surface area contributed by atoms with E-state index in [1.807, 2.05) is 32.9 Å². The summed E-state index contributed by atoms with van der Waals surface area (Å²) in [5.74, 6) is 0.524. The molecule has 1 N–H and O–H groups in total. The molecule has 2 aromatic rings. The summed E-state index contributed by atoms with van der Waals surface area (Å²) < 4.78 is 36.0. The average Bonchev–Trinajstić information content (AvgIpc) is 2.53. The van der Waals surface area contributed by atoms with Gasteiger partial charge in [-0.1, -0.05) is 26.0 Å². The van der Waals surface area contributed by atoms with Crippen LogP contribution in [0.4, 0.5) is 5.69 Å². The van der Waals surface area contributed by atoms with E-state index in [-0.39, 0.29) is 23.3 Å². The normalized spacial score (nSPS) is 13.8. The number of hydrogen-bond acceptors (Lipinski definition) is 5. The summed E-state index contributed by atoms with van der Waals surface area (Å²) in [6.07, 6.45) is 0. The van der Waals surface area contributed by atoms with Crippen molar-refractivity contribution in [1.82, 2.24) is 0 Å². The molecule has 0 unspecified atom stereocenters. The lowest BCUT2D eigenvalue weighted by Gasteiger charge is -2.19. The van der Waals surface area contributed by atoms with Gasteiger partial charge in [0.25, 0.3) is 5.91 Å². The van der Waals surface area contributed by atoms with Crippen molar-refractivity contribution in [2.24, 2.45) is 0 Å². The third-order valence-electron chi connectivity index (χ3n) is 3.86. The highest BCUT2D eigenvalue weighted by Gasteiger charge is 2.23. The molecular weight excluding hydrogens is 342 g/mol. The number of rotatable bonds is 4. The third kappa shape index (κ3) is 3.61. The van der Waals surface area contributed by atoms with E-state index < -0.39 is 10.1 Å². The van der Waals surface area contributed by atoms with E-state index in [0.29, 0.717) is 17.2 Å². The first kappa shape index (κ1) is 17.3. The third-order valence-corrected chi connectivity index (χ3v) is 5.09. The maximum Gasteiger partial charge on any atom is 0.339 e. The van der Waals surface area contributed by atoms with Gasteiger partial charge in [0.15, 0.2) is 6.61 Å². The van der Waals surface area contributed by atoms with Gasteiger partial charge in [0.05, 0.1) is 5.69 Å². The zero-order valence-electron chi connectivity index (χ0n) is 14.2. The number of benzene rings is 2. The number of aryl methyl sites for hydroxylation is 1. The molecule has 0 saturated carbocycles. The molecule has 132 valence electrons. The molecular formula is C18H19NO5S. The molecule has 1 aliphatic heterocycles. The Morgan fingerprint density at radius 3 is 2.64 bits per heavy atom. The van der Waals surface area contributed by atoms with E-state index in [2.05, 4.69) is 5.32 Å². The lowest BCUT2D eigenvalue weighted by Crippen LogP contribution is -2.25. The quantitative estimate of drug-likeness (QED) is 0.846. The average molecular weight is 361 g/mol. The predicted octanol–water partition coefficient (Wildman–Crippen LogP) is 3.22. The largest absolute Gasteiger partial charge is 0.482 e. The Hall–Kier alpha value is -2.54. The van der Waals surface area contributed by atoms with Crippen LogP contribution in [0.2, 0.25) is 0 Å². The molecule has 0 atom stereocenters. The maximum absolute atomic E-state index is 12.7. The summed E-state index contributed by atoms with van der Waals surface area (Å²) in [5, 5.41) is 2.59. The van der Waals surface area contributed by atoms with Crippen molar-refractivity contribution in [3.63, 3.8) is 0 Å². The molecule has 0 aliphatic carbocycles. The maximum atomic E-state index is 12.7. The number of carbonyl (C=O) groups excluding carboxylic acids is 1. The van der Waals surface area contributed by atoms with Crippen LogP contribution < -0.4 is 14.2 Å². The van der Waals surface area contributed by atoms with Crippen LogP contribution in [0.5, 0.6) is 11.5 Å². The van der Waals surface area contributed by atoms with Crippen molar-refractivity contribution in [2.75, 3.05) is 11.9 Å². The Morgan fingerprint density at radius 1 is 1.16 bits per heavy atom. The van der Waals surface area contributed by atoms with E-state index in [9.17, 15) is 13.2 Å². The number of amides is 1. The Labute approximate surface area is 146 Å². The summed E-state index contributed by atoms with van der Waals surface area (Å²) in [6.45, 7) is 5.72. The summed E-state index contributed by atoms with van der Waals surface area (Å²) in [5.41, 5.74) is 2.03. The summed E-state index contributed by atoms with van der Waals surface area (Å²) in [4.78, 5) is 11.4. The molecule has 0 fully saturated rings. The molecule has 25 heavy (non-hydrogen) atoms. The topological polar surface area (TPSA) is 81.7 Å². The number of anilines is 1. The minimum Gasteiger partial charge on any atom is -0.482 e. The van der Waals surface area contributed by atoms with Crippen LogP contribution in [0.3, 0.4) is 0 Å². The lowest BCUT2D eigenvalue weighted by atomic mass is 10.0. The van der Waals surface area contributed by atoms with Gasteiger partial charge in [0.2, 0.25) is 0 Å². The lowest BCUT2D eigenvalue weighted by molar-refractivity contribution is -0.118. The van der Waals surface area contributed by atoms with Gasteiger partial charge >= 0.3 is 10.1 Å². The number of ether oxygens (including phenoxy) is 1. The molecule has 1 amide bonds. The van der Waals surface area contributed by atoms with Gasteiger partial charge in [-0.3, -0.25) is 4.79 Å². The van der Waals surface area contributed by atoms with Crippen molar-refractivity contribution >= 4 is 21.7 Å². The zero-order valence-corrected chi connectivity index (χ0v) is 15.0. The smallest absolute Gasteiger partial charge is 0.339 e. The first-order valence-corrected chi connectivity index (χ1v) is 9.29. The second-order valence-electron chi connectivity index (χ2n) is 6.23. The second kappa shape index (κ2) is 6.40. The summed E-state index contributed by atoms with van der Waals surface area (Å²) >= 11 is 0. The van der Waals surface area contributed by atoms with Crippen molar-refractivity contribution in [3.05, 3.63) is 47.5 Å². The fourth-order valence-corrected chi connectivity index (χ4v) is 3.55. The molecule has 0 bridgehead atoms. The molecule has 0 spiro atoms. The van der Waals surface area contributed by atoms with E-state index in [1.165, 1.54) is 18.2 Å². The Balaban J connectivity index is 1.97. The van der Waals surface area contributed by atoms with Crippen LogP contribution in [-0.2, 0) is 14.9 Å². The highest BCUT2D eigenvalue weighted by atomic mass is 32.2. The van der Waals surface area contributed by atoms with Crippen molar-refractivity contribution in [3.8, 4) is 11.5 Å². The number of fused-ring (bicyclic) bond motifs is 1. The molecule has 7 heteroatoms. The van der Waals surface area contributed by atoms with Crippen LogP contribution in [0, 0.1) is 6.92 Å². The predicted molar refractivity (Wildman–Crippen MR) is 93.6 cm³/mol. The van der Waals surface area contributed by atoms with Crippen LogP contribution in [0.15, 0.2) is 41.3 Å². The molecule has 1 heterocycles. The van der Waals surface area contributed by atoms with E-state index in [4.69, 9.17) is 8.92 Å². The highest BCUT2D eigenvalue weighted by Crippen LogP contribution is 2.33. The minimum atomic E-state index is -4.04. The van der Waals surface area contributed by atoms with E-state index in [1.54, 1.807) is 6.07 Å². The van der Waals surface area contributed by atoms with Crippen LogP contribution in [0.1, 0.15) is 30.9 Å². The van der Waals surface area contributed by atoms with E-state index >= 15 is 0 Å². The first-order valence-electron chi connectivity index (χ1n) is 7.88. The number of hydrogen-bond donors (Lipinski definition) is 1. The van der Waals surface area contributed by atoms with Crippen LogP contribution in [0.25, 0.3) is 0 Å². The van der Waals surface area contributed by atoms with Crippen LogP contribution in [-0.4, -0.2) is 20.9 Å². The highest BCUT2D eigenvalue weighted by molar-refractivity contribution is 7.87. The first-order chi connectivity index (χ1) is 11.8. The van der Waals surface area contributed by atoms with Crippen LogP contribution >= 0.6 is 0 Å². The zero-order chi connectivity index (χ0) is 18.2. The van der Waals surface area contributed by atoms with E-state index in [0.717, 1.165) is 11.1 Å². The molecule has 0 radical (unpaired) electrons. The molecule has 0 aromatic heterocycles. The monoisotopic (exact) mass is 361 g/mol.